The first-order chi connectivity index (χ1) is 16.4. The standard InChI is InChI=1S/C24H27N5O5/c1-3-32-18-12-9-16(14-20(18)33-4-2)21(27-17-10-7-15(8-11-17)22(25)26)24(31)29-28-23(30)19-6-5-13-34-19/h5-14,21,27H,3-4H2,1-2H3,(H3,25,26)(H,28,30)(H,29,31). The third-order valence-electron chi connectivity index (χ3n) is 4.71. The lowest BCUT2D eigenvalue weighted by Crippen LogP contribution is -2.45. The van der Waals surface area contributed by atoms with Gasteiger partial charge in [-0.25, -0.2) is 0 Å². The van der Waals surface area contributed by atoms with Crippen LogP contribution in [0, 0.1) is 5.41 Å². The van der Waals surface area contributed by atoms with Gasteiger partial charge >= 0.3 is 5.91 Å². The van der Waals surface area contributed by atoms with Crippen LogP contribution < -0.4 is 31.4 Å². The Balaban J connectivity index is 1.87. The molecule has 1 atom stereocenters. The highest BCUT2D eigenvalue weighted by Gasteiger charge is 2.23. The quantitative estimate of drug-likeness (QED) is 0.175. The van der Waals surface area contributed by atoms with E-state index in [2.05, 4.69) is 16.2 Å². The Morgan fingerprint density at radius 2 is 1.71 bits per heavy atom. The molecule has 0 aliphatic carbocycles. The molecular weight excluding hydrogens is 438 g/mol. The third-order valence-corrected chi connectivity index (χ3v) is 4.71. The zero-order chi connectivity index (χ0) is 24.5. The number of amides is 2. The fourth-order valence-electron chi connectivity index (χ4n) is 3.12. The van der Waals surface area contributed by atoms with E-state index in [9.17, 15) is 9.59 Å². The van der Waals surface area contributed by atoms with Crippen LogP contribution in [0.1, 0.15) is 41.6 Å². The summed E-state index contributed by atoms with van der Waals surface area (Å²) in [4.78, 5) is 25.3. The molecule has 34 heavy (non-hydrogen) atoms. The van der Waals surface area contributed by atoms with Gasteiger partial charge in [-0.1, -0.05) is 6.07 Å². The van der Waals surface area contributed by atoms with Gasteiger partial charge in [0.1, 0.15) is 11.9 Å². The minimum Gasteiger partial charge on any atom is -0.490 e. The van der Waals surface area contributed by atoms with Crippen molar-refractivity contribution in [1.29, 1.82) is 5.41 Å². The highest BCUT2D eigenvalue weighted by molar-refractivity contribution is 5.96. The molecule has 1 aromatic heterocycles. The highest BCUT2D eigenvalue weighted by Crippen LogP contribution is 2.32. The normalized spacial score (nSPS) is 11.2. The van der Waals surface area contributed by atoms with Crippen molar-refractivity contribution in [2.24, 2.45) is 5.73 Å². The molecule has 0 bridgehead atoms. The number of nitrogen functional groups attached to an aromatic ring is 1. The lowest BCUT2D eigenvalue weighted by Gasteiger charge is -2.22. The number of nitrogens with one attached hydrogen (secondary N) is 4. The van der Waals surface area contributed by atoms with Crippen LogP contribution >= 0.6 is 0 Å². The van der Waals surface area contributed by atoms with E-state index >= 15 is 0 Å². The smallest absolute Gasteiger partial charge is 0.305 e. The summed E-state index contributed by atoms with van der Waals surface area (Å²) in [5.74, 6) is -0.0670. The maximum Gasteiger partial charge on any atom is 0.305 e. The van der Waals surface area contributed by atoms with Gasteiger partial charge < -0.3 is 24.9 Å². The average Bonchev–Trinajstić information content (AvgIpc) is 3.38. The molecular formula is C24H27N5O5. The maximum atomic E-state index is 13.1. The number of hydrogen-bond donors (Lipinski definition) is 5. The Morgan fingerprint density at radius 3 is 2.32 bits per heavy atom. The summed E-state index contributed by atoms with van der Waals surface area (Å²) in [7, 11) is 0. The van der Waals surface area contributed by atoms with Gasteiger partial charge in [0.15, 0.2) is 17.3 Å². The molecule has 0 aliphatic rings. The number of carbonyl (C=O) groups excluding carboxylic acids is 2. The Bertz CT molecular complexity index is 1130. The molecule has 178 valence electrons. The number of benzene rings is 2. The van der Waals surface area contributed by atoms with Crippen LogP contribution in [-0.2, 0) is 4.79 Å². The predicted molar refractivity (Wildman–Crippen MR) is 127 cm³/mol. The molecule has 6 N–H and O–H groups in total. The van der Waals surface area contributed by atoms with E-state index in [0.29, 0.717) is 41.5 Å². The molecule has 2 aromatic carbocycles. The maximum absolute atomic E-state index is 13.1. The number of nitrogens with two attached hydrogens (primary N) is 1. The Labute approximate surface area is 196 Å². The minimum atomic E-state index is -0.907. The topological polar surface area (TPSA) is 152 Å². The van der Waals surface area contributed by atoms with Crippen molar-refractivity contribution >= 4 is 23.3 Å². The Hall–Kier alpha value is -4.47. The largest absolute Gasteiger partial charge is 0.490 e. The fraction of sp³-hybridized carbons (Fsp3) is 0.208. The second-order valence-corrected chi connectivity index (χ2v) is 7.06. The highest BCUT2D eigenvalue weighted by atomic mass is 16.5. The van der Waals surface area contributed by atoms with Crippen molar-refractivity contribution < 1.29 is 23.5 Å². The molecule has 1 heterocycles. The number of hydrazine groups is 1. The van der Waals surface area contributed by atoms with Gasteiger partial charge in [-0.3, -0.25) is 25.8 Å². The predicted octanol–water partition coefficient (Wildman–Crippen LogP) is 2.98. The van der Waals surface area contributed by atoms with E-state index in [1.807, 2.05) is 13.8 Å². The van der Waals surface area contributed by atoms with Crippen LogP contribution in [0.3, 0.4) is 0 Å². The van der Waals surface area contributed by atoms with Crippen LogP contribution in [0.25, 0.3) is 0 Å². The molecule has 0 fully saturated rings. The lowest BCUT2D eigenvalue weighted by atomic mass is 10.0. The number of carbonyl (C=O) groups is 2. The van der Waals surface area contributed by atoms with E-state index in [0.717, 1.165) is 0 Å². The summed E-state index contributed by atoms with van der Waals surface area (Å²) >= 11 is 0. The van der Waals surface area contributed by atoms with E-state index in [4.69, 9.17) is 25.0 Å². The van der Waals surface area contributed by atoms with Crippen molar-refractivity contribution in [3.8, 4) is 11.5 Å². The first-order valence-electron chi connectivity index (χ1n) is 10.7. The monoisotopic (exact) mass is 465 g/mol. The van der Waals surface area contributed by atoms with Gasteiger partial charge in [-0.2, -0.15) is 0 Å². The van der Waals surface area contributed by atoms with Gasteiger partial charge in [0.25, 0.3) is 5.91 Å². The number of hydrogen-bond acceptors (Lipinski definition) is 7. The zero-order valence-electron chi connectivity index (χ0n) is 18.9. The molecule has 0 aliphatic heterocycles. The second kappa shape index (κ2) is 11.4. The van der Waals surface area contributed by atoms with Crippen LogP contribution in [0.15, 0.2) is 65.3 Å². The van der Waals surface area contributed by atoms with Crippen molar-refractivity contribution in [3.05, 3.63) is 77.7 Å². The molecule has 0 saturated heterocycles. The molecule has 3 rings (SSSR count). The number of ether oxygens (including phenoxy) is 2. The second-order valence-electron chi connectivity index (χ2n) is 7.06. The minimum absolute atomic E-state index is 0.0596. The molecule has 3 aromatic rings. The fourth-order valence-corrected chi connectivity index (χ4v) is 3.12. The number of furan rings is 1. The molecule has 1 unspecified atom stereocenters. The molecule has 0 saturated carbocycles. The Kier molecular flexibility index (Phi) is 8.11. The molecule has 10 heteroatoms. The molecule has 0 radical (unpaired) electrons. The van der Waals surface area contributed by atoms with Crippen LogP contribution in [0.5, 0.6) is 11.5 Å². The summed E-state index contributed by atoms with van der Waals surface area (Å²) < 4.78 is 16.3. The number of amidine groups is 1. The van der Waals surface area contributed by atoms with E-state index in [1.165, 1.54) is 12.3 Å². The van der Waals surface area contributed by atoms with Gasteiger partial charge in [-0.05, 0) is 67.9 Å². The molecule has 2 amide bonds. The van der Waals surface area contributed by atoms with Crippen molar-refractivity contribution in [2.75, 3.05) is 18.5 Å². The summed E-state index contributed by atoms with van der Waals surface area (Å²) in [5, 5.41) is 10.7. The van der Waals surface area contributed by atoms with Gasteiger partial charge in [-0.15, -0.1) is 0 Å². The van der Waals surface area contributed by atoms with E-state index in [1.54, 1.807) is 48.5 Å². The number of rotatable bonds is 10. The summed E-state index contributed by atoms with van der Waals surface area (Å²) in [6.07, 6.45) is 1.36. The van der Waals surface area contributed by atoms with Crippen molar-refractivity contribution in [1.82, 2.24) is 10.9 Å². The van der Waals surface area contributed by atoms with Gasteiger partial charge in [0, 0.05) is 11.3 Å². The van der Waals surface area contributed by atoms with Crippen LogP contribution in [-0.4, -0.2) is 30.9 Å². The lowest BCUT2D eigenvalue weighted by molar-refractivity contribution is -0.122. The summed E-state index contributed by atoms with van der Waals surface area (Å²) in [6, 6.07) is 14.1. The van der Waals surface area contributed by atoms with Crippen LogP contribution in [0.2, 0.25) is 0 Å². The third kappa shape index (κ3) is 6.06. The Morgan fingerprint density at radius 1 is 1.00 bits per heavy atom. The average molecular weight is 466 g/mol. The number of anilines is 1. The summed E-state index contributed by atoms with van der Waals surface area (Å²) in [5.41, 5.74) is 12.0. The van der Waals surface area contributed by atoms with Crippen molar-refractivity contribution in [3.63, 3.8) is 0 Å². The molecule has 10 nitrogen and oxygen atoms in total. The first kappa shape index (κ1) is 24.2. The van der Waals surface area contributed by atoms with Gasteiger partial charge in [0.2, 0.25) is 0 Å². The van der Waals surface area contributed by atoms with E-state index < -0.39 is 17.9 Å². The summed E-state index contributed by atoms with van der Waals surface area (Å²) in [6.45, 7) is 4.60. The zero-order valence-corrected chi connectivity index (χ0v) is 18.9. The van der Waals surface area contributed by atoms with Crippen LogP contribution in [0.4, 0.5) is 5.69 Å². The molecule has 0 spiro atoms. The first-order valence-corrected chi connectivity index (χ1v) is 10.7. The van der Waals surface area contributed by atoms with E-state index in [-0.39, 0.29) is 11.6 Å². The van der Waals surface area contributed by atoms with Crippen molar-refractivity contribution in [2.45, 2.75) is 19.9 Å². The van der Waals surface area contributed by atoms with Gasteiger partial charge in [0.05, 0.1) is 19.5 Å². The SMILES string of the molecule is CCOc1ccc(C(Nc2ccc(C(=N)N)cc2)C(=O)NNC(=O)c2ccco2)cc1OCC.